The molecule has 1 aliphatic heterocycles. The van der Waals surface area contributed by atoms with Crippen LogP contribution in [0, 0.1) is 18.8 Å². The summed E-state index contributed by atoms with van der Waals surface area (Å²) in [6, 6.07) is 16.0. The molecule has 0 N–H and O–H groups in total. The molecule has 9 heteroatoms. The molecule has 268 valence electrons. The minimum atomic E-state index is -0.201. The monoisotopic (exact) mass is 681 g/mol. The number of amides is 2. The van der Waals surface area contributed by atoms with Gasteiger partial charge in [0.1, 0.15) is 11.9 Å². The SMILES string of the molecule is COc1ccc(C2CCC(CN(C(=O)C3CCC(OC(=O)N4CCC(N(C)C)C4)CC3)c3cccc(-c4cnn(C5CC5)c4)c3)CC2)cc1C. The zero-order valence-corrected chi connectivity index (χ0v) is 30.4. The Morgan fingerprint density at radius 2 is 1.68 bits per heavy atom. The molecule has 2 aromatic carbocycles. The lowest BCUT2D eigenvalue weighted by atomic mass is 9.78. The molecule has 2 heterocycles. The first-order valence-electron chi connectivity index (χ1n) is 19.0. The molecule has 0 spiro atoms. The zero-order valence-electron chi connectivity index (χ0n) is 30.4. The Kier molecular flexibility index (Phi) is 10.5. The minimum absolute atomic E-state index is 0.0743. The molecule has 3 aromatic rings. The summed E-state index contributed by atoms with van der Waals surface area (Å²) in [4.78, 5) is 33.6. The van der Waals surface area contributed by atoms with Gasteiger partial charge < -0.3 is 24.2 Å². The lowest BCUT2D eigenvalue weighted by molar-refractivity contribution is -0.124. The van der Waals surface area contributed by atoms with Crippen molar-refractivity contribution in [3.63, 3.8) is 0 Å². The molecule has 3 saturated carbocycles. The summed E-state index contributed by atoms with van der Waals surface area (Å²) in [6.07, 6.45) is 14.5. The third-order valence-electron chi connectivity index (χ3n) is 11.9. The van der Waals surface area contributed by atoms with Crippen molar-refractivity contribution in [1.82, 2.24) is 19.6 Å². The number of hydrogen-bond acceptors (Lipinski definition) is 6. The molecule has 1 unspecified atom stereocenters. The normalized spacial score (nSPS) is 25.5. The summed E-state index contributed by atoms with van der Waals surface area (Å²) >= 11 is 0. The van der Waals surface area contributed by atoms with Crippen LogP contribution >= 0.6 is 0 Å². The van der Waals surface area contributed by atoms with Crippen molar-refractivity contribution in [3.8, 4) is 16.9 Å². The molecule has 3 aliphatic carbocycles. The number of nitrogens with zero attached hydrogens (tertiary/aromatic N) is 5. The highest BCUT2D eigenvalue weighted by atomic mass is 16.6. The maximum absolute atomic E-state index is 14.5. The third-order valence-corrected chi connectivity index (χ3v) is 11.9. The van der Waals surface area contributed by atoms with Gasteiger partial charge in [-0.3, -0.25) is 9.48 Å². The van der Waals surface area contributed by atoms with Gasteiger partial charge in [-0.2, -0.15) is 5.10 Å². The van der Waals surface area contributed by atoms with Crippen LogP contribution in [0.5, 0.6) is 5.75 Å². The van der Waals surface area contributed by atoms with Gasteiger partial charge in [0.05, 0.1) is 19.3 Å². The maximum atomic E-state index is 14.5. The summed E-state index contributed by atoms with van der Waals surface area (Å²) in [6.45, 7) is 4.31. The van der Waals surface area contributed by atoms with Gasteiger partial charge in [0, 0.05) is 49.0 Å². The number of carbonyl (C=O) groups is 2. The van der Waals surface area contributed by atoms with Gasteiger partial charge in [-0.15, -0.1) is 0 Å². The van der Waals surface area contributed by atoms with Gasteiger partial charge in [-0.05, 0) is 138 Å². The highest BCUT2D eigenvalue weighted by Gasteiger charge is 2.36. The number of ether oxygens (including phenoxy) is 2. The molecule has 7 rings (SSSR count). The van der Waals surface area contributed by atoms with Crippen molar-refractivity contribution in [2.75, 3.05) is 45.7 Å². The molecule has 50 heavy (non-hydrogen) atoms. The van der Waals surface area contributed by atoms with Crippen LogP contribution in [-0.2, 0) is 9.53 Å². The molecule has 0 bridgehead atoms. The van der Waals surface area contributed by atoms with Crippen LogP contribution in [0.25, 0.3) is 11.1 Å². The Hall–Kier alpha value is -3.85. The number of aryl methyl sites for hydroxylation is 1. The Bertz CT molecular complexity index is 1630. The van der Waals surface area contributed by atoms with E-state index in [-0.39, 0.29) is 24.0 Å². The number of aromatic nitrogens is 2. The minimum Gasteiger partial charge on any atom is -0.496 e. The average Bonchev–Trinajstić information content (AvgIpc) is 3.63. The van der Waals surface area contributed by atoms with Gasteiger partial charge in [-0.25, -0.2) is 4.79 Å². The Balaban J connectivity index is 1.02. The van der Waals surface area contributed by atoms with E-state index >= 15 is 0 Å². The van der Waals surface area contributed by atoms with E-state index in [0.29, 0.717) is 23.9 Å². The first kappa shape index (κ1) is 34.6. The highest BCUT2D eigenvalue weighted by molar-refractivity contribution is 5.95. The van der Waals surface area contributed by atoms with Crippen LogP contribution in [0.2, 0.25) is 0 Å². The molecule has 1 saturated heterocycles. The van der Waals surface area contributed by atoms with E-state index in [9.17, 15) is 9.59 Å². The van der Waals surface area contributed by atoms with E-state index < -0.39 is 0 Å². The van der Waals surface area contributed by atoms with Crippen LogP contribution in [0.15, 0.2) is 54.9 Å². The number of carbonyl (C=O) groups excluding carboxylic acids is 2. The summed E-state index contributed by atoms with van der Waals surface area (Å²) in [5.41, 5.74) is 5.75. The second kappa shape index (κ2) is 15.2. The number of likely N-dealkylation sites (N-methyl/N-ethyl adjacent to an activating group) is 1. The lowest BCUT2D eigenvalue weighted by Crippen LogP contribution is -2.42. The molecule has 0 radical (unpaired) electrons. The van der Waals surface area contributed by atoms with Crippen LogP contribution in [0.3, 0.4) is 0 Å². The first-order chi connectivity index (χ1) is 24.2. The highest BCUT2D eigenvalue weighted by Crippen LogP contribution is 2.40. The van der Waals surface area contributed by atoms with E-state index in [0.717, 1.165) is 100.0 Å². The van der Waals surface area contributed by atoms with Crippen molar-refractivity contribution in [2.45, 2.75) is 102 Å². The van der Waals surface area contributed by atoms with Gasteiger partial charge >= 0.3 is 6.09 Å². The molecular weight excluding hydrogens is 626 g/mol. The van der Waals surface area contributed by atoms with Crippen molar-refractivity contribution in [3.05, 3.63) is 66.0 Å². The molecule has 4 fully saturated rings. The smallest absolute Gasteiger partial charge is 0.410 e. The van der Waals surface area contributed by atoms with E-state index in [1.165, 1.54) is 24.0 Å². The number of hydrogen-bond donors (Lipinski definition) is 0. The standard InChI is InChI=1S/C41H55N5O4/c1-28-22-33(14-19-39(28)49-4)30-10-8-29(9-11-30)25-45(36-7-5-6-32(23-36)34-24-42-46(26-34)35-15-16-35)40(47)31-12-17-38(18-13-31)50-41(48)44-21-20-37(27-44)43(2)3/h5-7,14,19,22-24,26,29-31,35,37-38H,8-13,15-18,20-21,25,27H2,1-4H3. The predicted octanol–water partition coefficient (Wildman–Crippen LogP) is 7.84. The fraction of sp³-hybridized carbons (Fsp3) is 0.585. The van der Waals surface area contributed by atoms with Gasteiger partial charge in [-0.1, -0.05) is 24.3 Å². The van der Waals surface area contributed by atoms with Crippen LogP contribution in [-0.4, -0.2) is 84.6 Å². The van der Waals surface area contributed by atoms with E-state index in [1.807, 2.05) is 11.1 Å². The van der Waals surface area contributed by atoms with Crippen molar-refractivity contribution >= 4 is 17.7 Å². The fourth-order valence-corrected chi connectivity index (χ4v) is 8.49. The first-order valence-corrected chi connectivity index (χ1v) is 19.0. The Morgan fingerprint density at radius 1 is 0.900 bits per heavy atom. The molecule has 2 amide bonds. The van der Waals surface area contributed by atoms with Crippen molar-refractivity contribution < 1.29 is 19.1 Å². The van der Waals surface area contributed by atoms with Gasteiger partial charge in [0.15, 0.2) is 0 Å². The van der Waals surface area contributed by atoms with Crippen molar-refractivity contribution in [2.24, 2.45) is 11.8 Å². The Labute approximate surface area is 297 Å². The number of benzene rings is 2. The van der Waals surface area contributed by atoms with Crippen molar-refractivity contribution in [1.29, 1.82) is 0 Å². The molecule has 4 aliphatic rings. The molecular formula is C41H55N5O4. The van der Waals surface area contributed by atoms with E-state index in [4.69, 9.17) is 9.47 Å². The van der Waals surface area contributed by atoms with Gasteiger partial charge in [0.2, 0.25) is 5.91 Å². The average molecular weight is 682 g/mol. The molecule has 1 aromatic heterocycles. The summed E-state index contributed by atoms with van der Waals surface area (Å²) in [5, 5.41) is 4.63. The quantitative estimate of drug-likeness (QED) is 0.217. The second-order valence-electron chi connectivity index (χ2n) is 15.6. The lowest BCUT2D eigenvalue weighted by Gasteiger charge is -2.36. The summed E-state index contributed by atoms with van der Waals surface area (Å²) in [5.74, 6) is 2.06. The summed E-state index contributed by atoms with van der Waals surface area (Å²) in [7, 11) is 5.86. The van der Waals surface area contributed by atoms with Crippen LogP contribution in [0.4, 0.5) is 10.5 Å². The molecule has 9 nitrogen and oxygen atoms in total. The zero-order chi connectivity index (χ0) is 34.8. The number of likely N-dealkylation sites (tertiary alicyclic amines) is 1. The number of anilines is 1. The topological polar surface area (TPSA) is 80.1 Å². The van der Waals surface area contributed by atoms with E-state index in [1.54, 1.807) is 7.11 Å². The predicted molar refractivity (Wildman–Crippen MR) is 197 cm³/mol. The second-order valence-corrected chi connectivity index (χ2v) is 15.6. The Morgan fingerprint density at radius 3 is 2.36 bits per heavy atom. The maximum Gasteiger partial charge on any atom is 0.410 e. The van der Waals surface area contributed by atoms with E-state index in [2.05, 4.69) is 89.3 Å². The largest absolute Gasteiger partial charge is 0.496 e. The number of methoxy groups -OCH3 is 1. The van der Waals surface area contributed by atoms with Crippen LogP contribution in [0.1, 0.15) is 93.7 Å². The number of rotatable bonds is 10. The van der Waals surface area contributed by atoms with Crippen LogP contribution < -0.4 is 9.64 Å². The third kappa shape index (κ3) is 7.88. The fourth-order valence-electron chi connectivity index (χ4n) is 8.49. The van der Waals surface area contributed by atoms with Gasteiger partial charge in [0.25, 0.3) is 0 Å². The summed E-state index contributed by atoms with van der Waals surface area (Å²) < 4.78 is 13.6. The molecule has 1 atom stereocenters.